The molecular weight excluding hydrogens is 336 g/mol. The van der Waals surface area contributed by atoms with Crippen LogP contribution < -0.4 is 10.8 Å². The van der Waals surface area contributed by atoms with Gasteiger partial charge in [0.2, 0.25) is 0 Å². The molecular formula is C19H18N2O3S. The first-order chi connectivity index (χ1) is 12.2. The number of thioether (sulfide) groups is 1. The lowest BCUT2D eigenvalue weighted by molar-refractivity contribution is -0.128. The Bertz CT molecular complexity index is 852. The molecule has 0 radical (unpaired) electrons. The number of fused-ring (bicyclic) bond motifs is 2. The topological polar surface area (TPSA) is 78.4 Å². The van der Waals surface area contributed by atoms with E-state index in [0.717, 1.165) is 23.3 Å². The number of nitrogens with one attached hydrogen (secondary N) is 2. The molecule has 2 atom stereocenters. The molecule has 5 nitrogen and oxygen atoms in total. The lowest BCUT2D eigenvalue weighted by Gasteiger charge is -2.14. The molecule has 2 aromatic carbocycles. The van der Waals surface area contributed by atoms with Crippen LogP contribution in [0.5, 0.6) is 0 Å². The third-order valence-electron chi connectivity index (χ3n) is 4.84. The third-order valence-corrected chi connectivity index (χ3v) is 6.14. The molecule has 4 rings (SSSR count). The Labute approximate surface area is 149 Å². The quantitative estimate of drug-likeness (QED) is 0.585. The molecule has 0 bridgehead atoms. The predicted octanol–water partition coefficient (Wildman–Crippen LogP) is 2.63. The maximum Gasteiger partial charge on any atom is 0.257 e. The zero-order valence-corrected chi connectivity index (χ0v) is 14.3. The van der Waals surface area contributed by atoms with Crippen molar-refractivity contribution < 1.29 is 14.8 Å². The molecule has 0 fully saturated rings. The first-order valence-corrected chi connectivity index (χ1v) is 9.16. The van der Waals surface area contributed by atoms with E-state index in [-0.39, 0.29) is 17.2 Å². The second-order valence-corrected chi connectivity index (χ2v) is 7.62. The fourth-order valence-electron chi connectivity index (χ4n) is 3.54. The van der Waals surface area contributed by atoms with Gasteiger partial charge in [0.1, 0.15) is 0 Å². The summed E-state index contributed by atoms with van der Waals surface area (Å²) >= 11 is 1.38. The van der Waals surface area contributed by atoms with Crippen LogP contribution in [-0.2, 0) is 17.6 Å². The summed E-state index contributed by atoms with van der Waals surface area (Å²) in [7, 11) is 0. The maximum atomic E-state index is 12.6. The Balaban J connectivity index is 1.49. The molecule has 2 aromatic rings. The molecule has 2 aliphatic rings. The molecule has 0 saturated carbocycles. The van der Waals surface area contributed by atoms with Crippen LogP contribution in [0.4, 0.5) is 0 Å². The highest BCUT2D eigenvalue weighted by molar-refractivity contribution is 8.01. The van der Waals surface area contributed by atoms with Crippen molar-refractivity contribution in [2.75, 3.05) is 0 Å². The Morgan fingerprint density at radius 1 is 1.12 bits per heavy atom. The molecule has 1 aliphatic carbocycles. The second-order valence-electron chi connectivity index (χ2n) is 6.37. The molecule has 1 heterocycles. The summed E-state index contributed by atoms with van der Waals surface area (Å²) in [5.74, 6) is -0.505. The minimum absolute atomic E-state index is 0.0533. The van der Waals surface area contributed by atoms with E-state index in [4.69, 9.17) is 5.21 Å². The van der Waals surface area contributed by atoms with Crippen molar-refractivity contribution in [3.05, 3.63) is 64.7 Å². The largest absolute Gasteiger partial charge is 0.345 e. The van der Waals surface area contributed by atoms with E-state index >= 15 is 0 Å². The number of hydrogen-bond donors (Lipinski definition) is 3. The third kappa shape index (κ3) is 3.03. The molecule has 0 spiro atoms. The van der Waals surface area contributed by atoms with Crippen LogP contribution in [0.25, 0.3) is 0 Å². The van der Waals surface area contributed by atoms with Gasteiger partial charge in [0, 0.05) is 10.5 Å². The number of rotatable bonds is 3. The number of amides is 2. The molecule has 0 aromatic heterocycles. The smallest absolute Gasteiger partial charge is 0.257 e. The molecule has 6 heteroatoms. The second kappa shape index (κ2) is 6.54. The summed E-state index contributed by atoms with van der Waals surface area (Å²) in [6, 6.07) is 13.8. The number of hydroxylamine groups is 1. The summed E-state index contributed by atoms with van der Waals surface area (Å²) in [5.41, 5.74) is 5.83. The standard InChI is InChI=1S/C19H18N2O3S/c22-18(20-15-8-7-11-3-1-2-4-14(11)15)13-6-5-12-9-17(19(23)21-24)25-16(12)10-13/h1-6,10,15,17,24H,7-9H2,(H,20,22)(H,21,23). The van der Waals surface area contributed by atoms with Crippen molar-refractivity contribution in [3.63, 3.8) is 0 Å². The van der Waals surface area contributed by atoms with E-state index in [1.165, 1.54) is 22.9 Å². The maximum absolute atomic E-state index is 12.6. The van der Waals surface area contributed by atoms with Crippen LogP contribution in [0.2, 0.25) is 0 Å². The van der Waals surface area contributed by atoms with Gasteiger partial charge in [-0.05, 0) is 48.1 Å². The summed E-state index contributed by atoms with van der Waals surface area (Å²) in [4.78, 5) is 25.2. The van der Waals surface area contributed by atoms with Crippen LogP contribution in [-0.4, -0.2) is 22.3 Å². The highest BCUT2D eigenvalue weighted by atomic mass is 32.2. The average molecular weight is 354 g/mol. The van der Waals surface area contributed by atoms with E-state index in [1.54, 1.807) is 11.5 Å². The van der Waals surface area contributed by atoms with E-state index in [0.29, 0.717) is 12.0 Å². The van der Waals surface area contributed by atoms with Crippen LogP contribution in [0.1, 0.15) is 39.5 Å². The normalized spacial score (nSPS) is 20.7. The molecule has 0 saturated heterocycles. The lowest BCUT2D eigenvalue weighted by atomic mass is 10.1. The Kier molecular flexibility index (Phi) is 4.23. The highest BCUT2D eigenvalue weighted by Gasteiger charge is 2.29. The number of hydrogen-bond acceptors (Lipinski definition) is 4. The van der Waals surface area contributed by atoms with E-state index in [2.05, 4.69) is 17.4 Å². The van der Waals surface area contributed by atoms with Crippen molar-refractivity contribution in [2.24, 2.45) is 0 Å². The first-order valence-electron chi connectivity index (χ1n) is 8.28. The van der Waals surface area contributed by atoms with Crippen molar-refractivity contribution in [2.45, 2.75) is 35.4 Å². The van der Waals surface area contributed by atoms with Gasteiger partial charge >= 0.3 is 0 Å². The molecule has 1 aliphatic heterocycles. The Hall–Kier alpha value is -2.31. The van der Waals surface area contributed by atoms with Gasteiger partial charge in [-0.2, -0.15) is 0 Å². The van der Waals surface area contributed by atoms with Gasteiger partial charge in [0.15, 0.2) is 0 Å². The van der Waals surface area contributed by atoms with Crippen LogP contribution in [0.15, 0.2) is 47.4 Å². The van der Waals surface area contributed by atoms with Crippen LogP contribution >= 0.6 is 11.8 Å². The average Bonchev–Trinajstić information content (AvgIpc) is 3.24. The van der Waals surface area contributed by atoms with Gasteiger partial charge in [-0.15, -0.1) is 11.8 Å². The fourth-order valence-corrected chi connectivity index (χ4v) is 4.76. The van der Waals surface area contributed by atoms with E-state index in [9.17, 15) is 9.59 Å². The van der Waals surface area contributed by atoms with Gasteiger partial charge in [-0.25, -0.2) is 5.48 Å². The number of carbonyl (C=O) groups excluding carboxylic acids is 2. The summed E-state index contributed by atoms with van der Waals surface area (Å²) < 4.78 is 0. The predicted molar refractivity (Wildman–Crippen MR) is 94.7 cm³/mol. The van der Waals surface area contributed by atoms with Gasteiger partial charge in [0.25, 0.3) is 11.8 Å². The van der Waals surface area contributed by atoms with Crippen molar-refractivity contribution in [3.8, 4) is 0 Å². The molecule has 3 N–H and O–H groups in total. The zero-order valence-electron chi connectivity index (χ0n) is 13.5. The monoisotopic (exact) mass is 354 g/mol. The van der Waals surface area contributed by atoms with Crippen LogP contribution in [0.3, 0.4) is 0 Å². The van der Waals surface area contributed by atoms with E-state index in [1.807, 2.05) is 24.3 Å². The lowest BCUT2D eigenvalue weighted by Crippen LogP contribution is -2.29. The van der Waals surface area contributed by atoms with Gasteiger partial charge in [-0.3, -0.25) is 14.8 Å². The Morgan fingerprint density at radius 3 is 2.80 bits per heavy atom. The zero-order chi connectivity index (χ0) is 17.4. The van der Waals surface area contributed by atoms with Gasteiger partial charge in [0.05, 0.1) is 11.3 Å². The fraction of sp³-hybridized carbons (Fsp3) is 0.263. The summed E-state index contributed by atoms with van der Waals surface area (Å²) in [6.07, 6.45) is 2.47. The molecule has 2 amide bonds. The van der Waals surface area contributed by atoms with Crippen molar-refractivity contribution in [1.29, 1.82) is 0 Å². The number of benzene rings is 2. The van der Waals surface area contributed by atoms with Gasteiger partial charge in [-0.1, -0.05) is 30.3 Å². The van der Waals surface area contributed by atoms with Crippen molar-refractivity contribution in [1.82, 2.24) is 10.8 Å². The summed E-state index contributed by atoms with van der Waals surface area (Å²) in [6.45, 7) is 0. The SMILES string of the molecule is O=C(NC1CCc2ccccc21)c1ccc2c(c1)SC(C(=O)NO)C2. The number of carbonyl (C=O) groups is 2. The van der Waals surface area contributed by atoms with Gasteiger partial charge < -0.3 is 5.32 Å². The minimum atomic E-state index is -0.408. The Morgan fingerprint density at radius 2 is 1.96 bits per heavy atom. The highest BCUT2D eigenvalue weighted by Crippen LogP contribution is 2.38. The molecule has 25 heavy (non-hydrogen) atoms. The number of aryl methyl sites for hydroxylation is 1. The van der Waals surface area contributed by atoms with Crippen molar-refractivity contribution >= 4 is 23.6 Å². The van der Waals surface area contributed by atoms with Crippen LogP contribution in [0, 0.1) is 0 Å². The summed E-state index contributed by atoms with van der Waals surface area (Å²) in [5, 5.41) is 11.6. The minimum Gasteiger partial charge on any atom is -0.345 e. The molecule has 2 unspecified atom stereocenters. The van der Waals surface area contributed by atoms with E-state index < -0.39 is 5.91 Å². The molecule has 128 valence electrons. The first kappa shape index (κ1) is 16.2.